The number of amides is 1. The van der Waals surface area contributed by atoms with Gasteiger partial charge in [-0.25, -0.2) is 4.68 Å². The van der Waals surface area contributed by atoms with Crippen molar-refractivity contribution in [1.29, 1.82) is 0 Å². The van der Waals surface area contributed by atoms with Gasteiger partial charge in [-0.2, -0.15) is 0 Å². The van der Waals surface area contributed by atoms with Gasteiger partial charge in [-0.3, -0.25) is 4.79 Å². The van der Waals surface area contributed by atoms with E-state index in [9.17, 15) is 4.79 Å². The Bertz CT molecular complexity index is 704. The fourth-order valence-corrected chi connectivity index (χ4v) is 3.14. The van der Waals surface area contributed by atoms with Gasteiger partial charge in [-0.1, -0.05) is 22.9 Å². The summed E-state index contributed by atoms with van der Waals surface area (Å²) >= 11 is 0. The minimum Gasteiger partial charge on any atom is -0.336 e. The van der Waals surface area contributed by atoms with E-state index in [0.29, 0.717) is 5.92 Å². The molecule has 2 fully saturated rings. The van der Waals surface area contributed by atoms with Gasteiger partial charge in [0.05, 0.1) is 11.7 Å². The van der Waals surface area contributed by atoms with Crippen molar-refractivity contribution in [2.75, 3.05) is 13.1 Å². The van der Waals surface area contributed by atoms with Crippen LogP contribution in [0.25, 0.3) is 0 Å². The minimum atomic E-state index is 0.119. The molecule has 1 aromatic heterocycles. The fraction of sp³-hybridized carbons (Fsp3) is 0.471. The highest BCUT2D eigenvalue weighted by molar-refractivity contribution is 5.94. The van der Waals surface area contributed by atoms with Crippen LogP contribution in [0.1, 0.15) is 52.8 Å². The molecule has 2 aromatic rings. The fourth-order valence-electron chi connectivity index (χ4n) is 3.14. The van der Waals surface area contributed by atoms with Crippen LogP contribution in [-0.4, -0.2) is 38.9 Å². The number of aromatic nitrogens is 3. The highest BCUT2D eigenvalue weighted by atomic mass is 16.2. The molecule has 114 valence electrons. The zero-order valence-electron chi connectivity index (χ0n) is 12.8. The van der Waals surface area contributed by atoms with Crippen molar-refractivity contribution in [3.63, 3.8) is 0 Å². The smallest absolute Gasteiger partial charge is 0.253 e. The van der Waals surface area contributed by atoms with Crippen LogP contribution < -0.4 is 0 Å². The van der Waals surface area contributed by atoms with E-state index in [0.717, 1.165) is 36.3 Å². The van der Waals surface area contributed by atoms with E-state index < -0.39 is 0 Å². The van der Waals surface area contributed by atoms with Crippen LogP contribution in [0.4, 0.5) is 0 Å². The van der Waals surface area contributed by atoms with Gasteiger partial charge in [0.25, 0.3) is 5.91 Å². The molecule has 0 radical (unpaired) electrons. The zero-order chi connectivity index (χ0) is 15.1. The first-order chi connectivity index (χ1) is 10.7. The van der Waals surface area contributed by atoms with E-state index in [1.54, 1.807) is 0 Å². The number of hydrogen-bond acceptors (Lipinski definition) is 3. The average Bonchev–Trinajstić information content (AvgIpc) is 3.06. The molecule has 1 amide bonds. The summed E-state index contributed by atoms with van der Waals surface area (Å²) in [6, 6.07) is 8.06. The van der Waals surface area contributed by atoms with Crippen molar-refractivity contribution in [2.24, 2.45) is 0 Å². The molecular formula is C17H20N4O. The number of benzene rings is 1. The number of aryl methyl sites for hydroxylation is 1. The number of likely N-dealkylation sites (tertiary alicyclic amines) is 1. The Kier molecular flexibility index (Phi) is 3.21. The molecule has 5 nitrogen and oxygen atoms in total. The normalized spacial score (nSPS) is 21.3. The molecule has 22 heavy (non-hydrogen) atoms. The molecule has 1 saturated heterocycles. The quantitative estimate of drug-likeness (QED) is 0.874. The average molecular weight is 296 g/mol. The molecule has 1 atom stereocenters. The largest absolute Gasteiger partial charge is 0.336 e. The predicted octanol–water partition coefficient (Wildman–Crippen LogP) is 2.55. The monoisotopic (exact) mass is 296 g/mol. The standard InChI is InChI=1S/C17H20N4O/c1-12-3-2-4-14(9-12)17(22)20-8-7-15(10-20)21-11-16(18-19-21)13-5-6-13/h2-4,9,11,13,15H,5-8,10H2,1H3/t15-/m1/s1. The molecular weight excluding hydrogens is 276 g/mol. The van der Waals surface area contributed by atoms with Crippen LogP contribution in [0, 0.1) is 6.92 Å². The lowest BCUT2D eigenvalue weighted by atomic mass is 10.1. The SMILES string of the molecule is Cc1cccc(C(=O)N2CC[C@@H](n3cc(C4CC4)nn3)C2)c1. The third kappa shape index (κ3) is 2.51. The Labute approximate surface area is 129 Å². The summed E-state index contributed by atoms with van der Waals surface area (Å²) in [6.45, 7) is 3.52. The topological polar surface area (TPSA) is 51.0 Å². The molecule has 0 bridgehead atoms. The molecule has 1 aliphatic heterocycles. The maximum atomic E-state index is 12.6. The molecule has 1 aromatic carbocycles. The third-order valence-electron chi connectivity index (χ3n) is 4.61. The van der Waals surface area contributed by atoms with Crippen LogP contribution in [0.3, 0.4) is 0 Å². The van der Waals surface area contributed by atoms with Crippen LogP contribution >= 0.6 is 0 Å². The summed E-state index contributed by atoms with van der Waals surface area (Å²) in [5, 5.41) is 8.54. The Morgan fingerprint density at radius 1 is 1.27 bits per heavy atom. The second-order valence-corrected chi connectivity index (χ2v) is 6.46. The Morgan fingerprint density at radius 2 is 2.14 bits per heavy atom. The second kappa shape index (κ2) is 5.23. The second-order valence-electron chi connectivity index (χ2n) is 6.46. The van der Waals surface area contributed by atoms with Crippen molar-refractivity contribution in [3.8, 4) is 0 Å². The highest BCUT2D eigenvalue weighted by Crippen LogP contribution is 2.39. The number of carbonyl (C=O) groups excluding carboxylic acids is 1. The Balaban J connectivity index is 1.46. The van der Waals surface area contributed by atoms with Gasteiger partial charge in [-0.05, 0) is 38.3 Å². The maximum absolute atomic E-state index is 12.6. The molecule has 5 heteroatoms. The number of rotatable bonds is 3. The maximum Gasteiger partial charge on any atom is 0.253 e. The van der Waals surface area contributed by atoms with E-state index in [1.807, 2.05) is 40.8 Å². The van der Waals surface area contributed by atoms with Crippen LogP contribution in [0.2, 0.25) is 0 Å². The van der Waals surface area contributed by atoms with Gasteiger partial charge in [0.15, 0.2) is 0 Å². The summed E-state index contributed by atoms with van der Waals surface area (Å²) in [5.41, 5.74) is 3.01. The van der Waals surface area contributed by atoms with Gasteiger partial charge in [0.1, 0.15) is 0 Å². The Morgan fingerprint density at radius 3 is 2.91 bits per heavy atom. The zero-order valence-corrected chi connectivity index (χ0v) is 12.8. The summed E-state index contributed by atoms with van der Waals surface area (Å²) in [6.07, 6.45) is 5.50. The van der Waals surface area contributed by atoms with Crippen molar-refractivity contribution in [3.05, 3.63) is 47.3 Å². The van der Waals surface area contributed by atoms with Crippen molar-refractivity contribution < 1.29 is 4.79 Å². The number of carbonyl (C=O) groups is 1. The molecule has 2 aliphatic rings. The first-order valence-electron chi connectivity index (χ1n) is 7.98. The molecule has 1 saturated carbocycles. The van der Waals surface area contributed by atoms with Gasteiger partial charge >= 0.3 is 0 Å². The number of nitrogens with zero attached hydrogens (tertiary/aromatic N) is 4. The van der Waals surface area contributed by atoms with E-state index in [2.05, 4.69) is 16.5 Å². The first kappa shape index (κ1) is 13.5. The van der Waals surface area contributed by atoms with Crippen LogP contribution in [0.5, 0.6) is 0 Å². The molecule has 0 N–H and O–H groups in total. The van der Waals surface area contributed by atoms with Crippen molar-refractivity contribution in [1.82, 2.24) is 19.9 Å². The van der Waals surface area contributed by atoms with E-state index >= 15 is 0 Å². The lowest BCUT2D eigenvalue weighted by molar-refractivity contribution is 0.0787. The molecule has 0 spiro atoms. The first-order valence-corrected chi connectivity index (χ1v) is 7.98. The van der Waals surface area contributed by atoms with E-state index in [4.69, 9.17) is 0 Å². The highest BCUT2D eigenvalue weighted by Gasteiger charge is 2.31. The summed E-state index contributed by atoms with van der Waals surface area (Å²) in [5.74, 6) is 0.744. The van der Waals surface area contributed by atoms with Gasteiger partial charge in [-0.15, -0.1) is 5.10 Å². The lowest BCUT2D eigenvalue weighted by Gasteiger charge is -2.16. The van der Waals surface area contributed by atoms with E-state index in [-0.39, 0.29) is 11.9 Å². The predicted molar refractivity (Wildman–Crippen MR) is 82.7 cm³/mol. The molecule has 2 heterocycles. The number of hydrogen-bond donors (Lipinski definition) is 0. The van der Waals surface area contributed by atoms with Gasteiger partial charge in [0.2, 0.25) is 0 Å². The summed E-state index contributed by atoms with van der Waals surface area (Å²) in [7, 11) is 0. The summed E-state index contributed by atoms with van der Waals surface area (Å²) < 4.78 is 1.96. The van der Waals surface area contributed by atoms with Crippen LogP contribution in [-0.2, 0) is 0 Å². The van der Waals surface area contributed by atoms with Crippen molar-refractivity contribution >= 4 is 5.91 Å². The van der Waals surface area contributed by atoms with Crippen molar-refractivity contribution in [2.45, 2.75) is 38.1 Å². The molecule has 0 unspecified atom stereocenters. The molecule has 4 rings (SSSR count). The Hall–Kier alpha value is -2.17. The van der Waals surface area contributed by atoms with Crippen LogP contribution in [0.15, 0.2) is 30.5 Å². The van der Waals surface area contributed by atoms with E-state index in [1.165, 1.54) is 12.8 Å². The lowest BCUT2D eigenvalue weighted by Crippen LogP contribution is -2.29. The minimum absolute atomic E-state index is 0.119. The third-order valence-corrected chi connectivity index (χ3v) is 4.61. The van der Waals surface area contributed by atoms with Gasteiger partial charge in [0, 0.05) is 30.8 Å². The summed E-state index contributed by atoms with van der Waals surface area (Å²) in [4.78, 5) is 14.5. The van der Waals surface area contributed by atoms with Gasteiger partial charge < -0.3 is 4.90 Å². The molecule has 1 aliphatic carbocycles.